The van der Waals surface area contributed by atoms with Crippen molar-refractivity contribution in [3.8, 4) is 11.5 Å². The van der Waals surface area contributed by atoms with Crippen LogP contribution in [0.15, 0.2) is 18.2 Å². The third kappa shape index (κ3) is 3.89. The zero-order chi connectivity index (χ0) is 12.2. The molecular formula is C13H22O2Si. The van der Waals surface area contributed by atoms with Crippen molar-refractivity contribution in [3.05, 3.63) is 23.8 Å². The predicted octanol–water partition coefficient (Wildman–Crippen LogP) is 3.86. The number of aryl methyl sites for hydroxylation is 1. The molecule has 1 aromatic carbocycles. The average Bonchev–Trinajstić information content (AvgIpc) is 2.18. The van der Waals surface area contributed by atoms with Gasteiger partial charge in [-0.25, -0.2) is 0 Å². The van der Waals surface area contributed by atoms with Gasteiger partial charge in [-0.15, -0.1) is 0 Å². The van der Waals surface area contributed by atoms with Crippen LogP contribution in [0.5, 0.6) is 11.5 Å². The molecule has 0 atom stereocenters. The quantitative estimate of drug-likeness (QED) is 0.725. The Morgan fingerprint density at radius 2 is 1.81 bits per heavy atom. The molecule has 3 heteroatoms. The van der Waals surface area contributed by atoms with E-state index in [9.17, 15) is 0 Å². The molecule has 0 bridgehead atoms. The van der Waals surface area contributed by atoms with Gasteiger partial charge in [-0.2, -0.15) is 0 Å². The van der Waals surface area contributed by atoms with Crippen LogP contribution in [0.25, 0.3) is 0 Å². The van der Waals surface area contributed by atoms with Crippen molar-refractivity contribution in [2.75, 3.05) is 7.11 Å². The van der Waals surface area contributed by atoms with E-state index in [0.29, 0.717) is 0 Å². The van der Waals surface area contributed by atoms with E-state index in [1.165, 1.54) is 5.56 Å². The maximum absolute atomic E-state index is 5.97. The van der Waals surface area contributed by atoms with Crippen molar-refractivity contribution in [1.82, 2.24) is 0 Å². The lowest BCUT2D eigenvalue weighted by molar-refractivity contribution is 0.391. The van der Waals surface area contributed by atoms with Gasteiger partial charge in [-0.1, -0.05) is 19.4 Å². The van der Waals surface area contributed by atoms with E-state index < -0.39 is 8.32 Å². The van der Waals surface area contributed by atoms with Crippen LogP contribution in [0.2, 0.25) is 19.6 Å². The molecular weight excluding hydrogens is 216 g/mol. The average molecular weight is 238 g/mol. The fourth-order valence-corrected chi connectivity index (χ4v) is 2.40. The fraction of sp³-hybridized carbons (Fsp3) is 0.538. The highest BCUT2D eigenvalue weighted by Gasteiger charge is 2.18. The summed E-state index contributed by atoms with van der Waals surface area (Å²) in [6, 6.07) is 6.24. The van der Waals surface area contributed by atoms with E-state index in [4.69, 9.17) is 9.16 Å². The monoisotopic (exact) mass is 238 g/mol. The van der Waals surface area contributed by atoms with Crippen LogP contribution in [0.1, 0.15) is 18.9 Å². The van der Waals surface area contributed by atoms with Crippen molar-refractivity contribution in [1.29, 1.82) is 0 Å². The molecule has 16 heavy (non-hydrogen) atoms. The Hall–Kier alpha value is -0.963. The number of rotatable bonds is 5. The molecule has 0 saturated carbocycles. The van der Waals surface area contributed by atoms with E-state index in [1.54, 1.807) is 7.11 Å². The highest BCUT2D eigenvalue weighted by Crippen LogP contribution is 2.30. The van der Waals surface area contributed by atoms with Crippen molar-refractivity contribution < 1.29 is 9.16 Å². The Balaban J connectivity index is 2.93. The molecule has 0 spiro atoms. The van der Waals surface area contributed by atoms with Gasteiger partial charge >= 0.3 is 0 Å². The van der Waals surface area contributed by atoms with Crippen molar-refractivity contribution in [2.45, 2.75) is 39.4 Å². The minimum absolute atomic E-state index is 0.855. The van der Waals surface area contributed by atoms with Gasteiger partial charge in [-0.3, -0.25) is 0 Å². The van der Waals surface area contributed by atoms with Gasteiger partial charge in [-0.05, 0) is 43.8 Å². The molecule has 0 amide bonds. The fourth-order valence-electron chi connectivity index (χ4n) is 1.57. The first-order chi connectivity index (χ1) is 7.46. The Bertz CT molecular complexity index is 342. The Labute approximate surface area is 99.7 Å². The zero-order valence-electron chi connectivity index (χ0n) is 11.0. The molecule has 0 aliphatic heterocycles. The van der Waals surface area contributed by atoms with Gasteiger partial charge in [0.15, 0.2) is 5.75 Å². The molecule has 90 valence electrons. The maximum Gasteiger partial charge on any atom is 0.242 e. The highest BCUT2D eigenvalue weighted by molar-refractivity contribution is 6.70. The normalized spacial score (nSPS) is 11.3. The predicted molar refractivity (Wildman–Crippen MR) is 71.0 cm³/mol. The first kappa shape index (κ1) is 13.1. The molecule has 1 aromatic rings. The minimum Gasteiger partial charge on any atom is -0.542 e. The SMILES string of the molecule is CCCc1ccc(O[Si](C)(C)C)c(OC)c1. The summed E-state index contributed by atoms with van der Waals surface area (Å²) >= 11 is 0. The summed E-state index contributed by atoms with van der Waals surface area (Å²) in [5.41, 5.74) is 1.31. The van der Waals surface area contributed by atoms with Crippen LogP contribution in [-0.2, 0) is 6.42 Å². The third-order valence-corrected chi connectivity index (χ3v) is 3.02. The van der Waals surface area contributed by atoms with Gasteiger partial charge < -0.3 is 9.16 Å². The highest BCUT2D eigenvalue weighted by atomic mass is 28.4. The Kier molecular flexibility index (Phi) is 4.41. The van der Waals surface area contributed by atoms with Gasteiger partial charge in [0.05, 0.1) is 7.11 Å². The smallest absolute Gasteiger partial charge is 0.242 e. The number of hydrogen-bond acceptors (Lipinski definition) is 2. The lowest BCUT2D eigenvalue weighted by Crippen LogP contribution is -2.29. The molecule has 0 aliphatic rings. The van der Waals surface area contributed by atoms with Crippen LogP contribution in [0.4, 0.5) is 0 Å². The molecule has 0 unspecified atom stereocenters. The lowest BCUT2D eigenvalue weighted by Gasteiger charge is -2.21. The van der Waals surface area contributed by atoms with Crippen molar-refractivity contribution in [2.24, 2.45) is 0 Å². The summed E-state index contributed by atoms with van der Waals surface area (Å²) in [7, 11) is 0.135. The molecule has 1 rings (SSSR count). The second kappa shape index (κ2) is 5.39. The van der Waals surface area contributed by atoms with Gasteiger partial charge in [0.2, 0.25) is 8.32 Å². The van der Waals surface area contributed by atoms with Crippen LogP contribution in [0, 0.1) is 0 Å². The molecule has 0 fully saturated rings. The first-order valence-electron chi connectivity index (χ1n) is 5.82. The van der Waals surface area contributed by atoms with Crippen LogP contribution in [0.3, 0.4) is 0 Å². The summed E-state index contributed by atoms with van der Waals surface area (Å²) in [5.74, 6) is 1.73. The minimum atomic E-state index is -1.56. The van der Waals surface area contributed by atoms with Crippen LogP contribution in [-0.4, -0.2) is 15.4 Å². The maximum atomic E-state index is 5.97. The lowest BCUT2D eigenvalue weighted by atomic mass is 10.1. The van der Waals surface area contributed by atoms with Crippen LogP contribution < -0.4 is 9.16 Å². The third-order valence-electron chi connectivity index (χ3n) is 2.18. The van der Waals surface area contributed by atoms with E-state index in [1.807, 2.05) is 6.07 Å². The number of hydrogen-bond donors (Lipinski definition) is 0. The number of methoxy groups -OCH3 is 1. The standard InChI is InChI=1S/C13H22O2Si/c1-6-7-11-8-9-12(13(10-11)14-2)15-16(3,4)5/h8-10H,6-7H2,1-5H3. The van der Waals surface area contributed by atoms with Crippen molar-refractivity contribution >= 4 is 8.32 Å². The number of ether oxygens (including phenoxy) is 1. The largest absolute Gasteiger partial charge is 0.542 e. The van der Waals surface area contributed by atoms with E-state index in [0.717, 1.165) is 24.3 Å². The number of benzene rings is 1. The molecule has 0 N–H and O–H groups in total. The molecule has 0 heterocycles. The summed E-state index contributed by atoms with van der Waals surface area (Å²) in [6.07, 6.45) is 2.24. The molecule has 2 nitrogen and oxygen atoms in total. The van der Waals surface area contributed by atoms with Crippen molar-refractivity contribution in [3.63, 3.8) is 0 Å². The molecule has 0 radical (unpaired) electrons. The van der Waals surface area contributed by atoms with Gasteiger partial charge in [0.1, 0.15) is 5.75 Å². The Morgan fingerprint density at radius 1 is 1.12 bits per heavy atom. The molecule has 0 aliphatic carbocycles. The summed E-state index contributed by atoms with van der Waals surface area (Å²) in [6.45, 7) is 8.70. The van der Waals surface area contributed by atoms with Crippen LogP contribution >= 0.6 is 0 Å². The van der Waals surface area contributed by atoms with E-state index in [2.05, 4.69) is 38.7 Å². The second-order valence-electron chi connectivity index (χ2n) is 4.95. The first-order valence-corrected chi connectivity index (χ1v) is 9.23. The Morgan fingerprint density at radius 3 is 2.31 bits per heavy atom. The topological polar surface area (TPSA) is 18.5 Å². The summed E-state index contributed by atoms with van der Waals surface area (Å²) in [4.78, 5) is 0. The van der Waals surface area contributed by atoms with E-state index >= 15 is 0 Å². The van der Waals surface area contributed by atoms with Gasteiger partial charge in [0, 0.05) is 0 Å². The zero-order valence-corrected chi connectivity index (χ0v) is 12.0. The van der Waals surface area contributed by atoms with E-state index in [-0.39, 0.29) is 0 Å². The summed E-state index contributed by atoms with van der Waals surface area (Å²) < 4.78 is 11.3. The molecule has 0 saturated heterocycles. The van der Waals surface area contributed by atoms with Gasteiger partial charge in [0.25, 0.3) is 0 Å². The summed E-state index contributed by atoms with van der Waals surface area (Å²) in [5, 5.41) is 0. The molecule has 0 aromatic heterocycles. The second-order valence-corrected chi connectivity index (χ2v) is 9.38.